The van der Waals surface area contributed by atoms with Gasteiger partial charge in [-0.25, -0.2) is 13.1 Å². The van der Waals surface area contributed by atoms with Gasteiger partial charge >= 0.3 is 0 Å². The van der Waals surface area contributed by atoms with Crippen molar-refractivity contribution >= 4 is 27.3 Å². The fraction of sp³-hybridized carbons (Fsp3) is 0.583. The molecule has 1 saturated heterocycles. The lowest BCUT2D eigenvalue weighted by molar-refractivity contribution is -0.127. The summed E-state index contributed by atoms with van der Waals surface area (Å²) in [5.74, 6) is -0.00825. The molecule has 19 heavy (non-hydrogen) atoms. The van der Waals surface area contributed by atoms with Crippen molar-refractivity contribution in [3.8, 4) is 0 Å². The number of thiophene rings is 1. The van der Waals surface area contributed by atoms with Crippen molar-refractivity contribution in [1.82, 2.24) is 9.62 Å². The summed E-state index contributed by atoms with van der Waals surface area (Å²) in [7, 11) is -3.45. The van der Waals surface area contributed by atoms with Crippen LogP contribution in [0.4, 0.5) is 0 Å². The molecule has 0 radical (unpaired) electrons. The molecule has 1 unspecified atom stereocenters. The van der Waals surface area contributed by atoms with E-state index in [1.807, 2.05) is 13.0 Å². The van der Waals surface area contributed by atoms with Crippen LogP contribution in [0, 0.1) is 0 Å². The van der Waals surface area contributed by atoms with Crippen LogP contribution in [-0.2, 0) is 21.2 Å². The summed E-state index contributed by atoms with van der Waals surface area (Å²) in [6.07, 6.45) is 1.51. The van der Waals surface area contributed by atoms with Gasteiger partial charge in [-0.1, -0.05) is 6.92 Å². The van der Waals surface area contributed by atoms with Crippen LogP contribution in [0.25, 0.3) is 0 Å². The largest absolute Gasteiger partial charge is 0.341 e. The number of sulfonamides is 1. The van der Waals surface area contributed by atoms with E-state index in [9.17, 15) is 13.2 Å². The molecule has 1 aliphatic rings. The number of aryl methyl sites for hydroxylation is 1. The highest BCUT2D eigenvalue weighted by Crippen LogP contribution is 2.23. The summed E-state index contributed by atoms with van der Waals surface area (Å²) in [4.78, 5) is 13.9. The molecule has 5 nitrogen and oxygen atoms in total. The van der Waals surface area contributed by atoms with Crippen LogP contribution < -0.4 is 4.72 Å². The quantitative estimate of drug-likeness (QED) is 0.909. The Kier molecular flexibility index (Phi) is 4.27. The Morgan fingerprint density at radius 3 is 2.79 bits per heavy atom. The molecule has 106 valence electrons. The van der Waals surface area contributed by atoms with Gasteiger partial charge in [0.2, 0.25) is 15.9 Å². The van der Waals surface area contributed by atoms with Gasteiger partial charge in [0.25, 0.3) is 0 Å². The van der Waals surface area contributed by atoms with Crippen LogP contribution >= 0.6 is 11.3 Å². The molecule has 2 heterocycles. The third-order valence-electron chi connectivity index (χ3n) is 3.21. The molecule has 0 saturated carbocycles. The number of nitrogens with one attached hydrogen (secondary N) is 1. The Morgan fingerprint density at radius 1 is 1.53 bits per heavy atom. The van der Waals surface area contributed by atoms with Crippen molar-refractivity contribution < 1.29 is 13.2 Å². The minimum Gasteiger partial charge on any atom is -0.341 e. The van der Waals surface area contributed by atoms with Crippen molar-refractivity contribution in [3.63, 3.8) is 0 Å². The van der Waals surface area contributed by atoms with Crippen LogP contribution in [0.15, 0.2) is 16.3 Å². The van der Waals surface area contributed by atoms with E-state index in [1.165, 1.54) is 18.3 Å². The predicted octanol–water partition coefficient (Wildman–Crippen LogP) is 1.21. The molecule has 1 N–H and O–H groups in total. The number of hydrogen-bond donors (Lipinski definition) is 1. The zero-order chi connectivity index (χ0) is 14.0. The molecule has 0 bridgehead atoms. The lowest BCUT2D eigenvalue weighted by atomic mass is 10.3. The third kappa shape index (κ3) is 3.34. The Bertz CT molecular complexity index is 565. The lowest BCUT2D eigenvalue weighted by Crippen LogP contribution is -2.37. The first-order valence-corrected chi connectivity index (χ1v) is 8.59. The van der Waals surface area contributed by atoms with Gasteiger partial charge in [0.05, 0.1) is 0 Å². The topological polar surface area (TPSA) is 66.5 Å². The van der Waals surface area contributed by atoms with Gasteiger partial charge in [-0.05, 0) is 25.0 Å². The molecular formula is C12H18N2O3S2. The van der Waals surface area contributed by atoms with Crippen molar-refractivity contribution in [1.29, 1.82) is 0 Å². The van der Waals surface area contributed by atoms with E-state index in [4.69, 9.17) is 0 Å². The summed E-state index contributed by atoms with van der Waals surface area (Å²) < 4.78 is 27.4. The van der Waals surface area contributed by atoms with Gasteiger partial charge in [0.1, 0.15) is 4.21 Å². The average molecular weight is 302 g/mol. The highest BCUT2D eigenvalue weighted by molar-refractivity contribution is 7.91. The zero-order valence-corrected chi connectivity index (χ0v) is 12.7. The second-order valence-corrected chi connectivity index (χ2v) is 7.76. The van der Waals surface area contributed by atoms with E-state index in [1.54, 1.807) is 11.0 Å². The van der Waals surface area contributed by atoms with E-state index in [0.29, 0.717) is 23.7 Å². The standard InChI is InChI=1S/C12H18N2O3S2/c1-3-11-4-5-12(18-11)19(16,17)13-10-6-7-14(8-10)9(2)15/h4-5,10,13H,3,6-8H2,1-2H3. The SMILES string of the molecule is CCc1ccc(S(=O)(=O)NC2CCN(C(C)=O)C2)s1. The number of hydrogen-bond acceptors (Lipinski definition) is 4. The number of rotatable bonds is 4. The number of carbonyl (C=O) groups is 1. The van der Waals surface area contributed by atoms with Crippen LogP contribution in [0.3, 0.4) is 0 Å². The van der Waals surface area contributed by atoms with Gasteiger partial charge in [0.15, 0.2) is 0 Å². The van der Waals surface area contributed by atoms with E-state index < -0.39 is 10.0 Å². The van der Waals surface area contributed by atoms with Gasteiger partial charge in [-0.3, -0.25) is 4.79 Å². The molecule has 0 aliphatic carbocycles. The number of carbonyl (C=O) groups excluding carboxylic acids is 1. The van der Waals surface area contributed by atoms with Gasteiger partial charge in [-0.2, -0.15) is 0 Å². The smallest absolute Gasteiger partial charge is 0.250 e. The van der Waals surface area contributed by atoms with Gasteiger partial charge in [0, 0.05) is 30.9 Å². The highest BCUT2D eigenvalue weighted by Gasteiger charge is 2.28. The summed E-state index contributed by atoms with van der Waals surface area (Å²) in [5.41, 5.74) is 0. The maximum atomic E-state index is 12.2. The normalized spacial score (nSPS) is 19.9. The predicted molar refractivity (Wildman–Crippen MR) is 74.7 cm³/mol. The third-order valence-corrected chi connectivity index (χ3v) is 6.45. The molecule has 1 aromatic rings. The second kappa shape index (κ2) is 5.60. The summed E-state index contributed by atoms with van der Waals surface area (Å²) in [5, 5.41) is 0. The lowest BCUT2D eigenvalue weighted by Gasteiger charge is -2.14. The minimum atomic E-state index is -3.45. The molecule has 1 aliphatic heterocycles. The second-order valence-electron chi connectivity index (χ2n) is 4.65. The van der Waals surface area contributed by atoms with Crippen molar-refractivity contribution in [2.24, 2.45) is 0 Å². The maximum absolute atomic E-state index is 12.2. The van der Waals surface area contributed by atoms with Crippen LogP contribution in [0.1, 0.15) is 25.1 Å². The molecule has 2 rings (SSSR count). The molecule has 7 heteroatoms. The van der Waals surface area contributed by atoms with E-state index >= 15 is 0 Å². The Balaban J connectivity index is 2.04. The monoisotopic (exact) mass is 302 g/mol. The Labute approximate surface area is 117 Å². The Morgan fingerprint density at radius 2 is 2.26 bits per heavy atom. The molecule has 1 fully saturated rings. The number of nitrogens with zero attached hydrogens (tertiary/aromatic N) is 1. The van der Waals surface area contributed by atoms with Gasteiger partial charge < -0.3 is 4.90 Å². The van der Waals surface area contributed by atoms with Crippen molar-refractivity contribution in [2.45, 2.75) is 36.9 Å². The molecule has 1 amide bonds. The maximum Gasteiger partial charge on any atom is 0.250 e. The summed E-state index contributed by atoms with van der Waals surface area (Å²) in [6.45, 7) is 4.58. The molecule has 0 spiro atoms. The van der Waals surface area contributed by atoms with E-state index in [-0.39, 0.29) is 11.9 Å². The zero-order valence-electron chi connectivity index (χ0n) is 11.0. The van der Waals surface area contributed by atoms with Crippen LogP contribution in [0.2, 0.25) is 0 Å². The fourth-order valence-electron chi connectivity index (χ4n) is 2.11. The number of likely N-dealkylation sites (tertiary alicyclic amines) is 1. The highest BCUT2D eigenvalue weighted by atomic mass is 32.2. The molecular weight excluding hydrogens is 284 g/mol. The molecule has 0 aromatic carbocycles. The summed E-state index contributed by atoms with van der Waals surface area (Å²) >= 11 is 1.30. The van der Waals surface area contributed by atoms with E-state index in [0.717, 1.165) is 11.3 Å². The van der Waals surface area contributed by atoms with Gasteiger partial charge in [-0.15, -0.1) is 11.3 Å². The first-order valence-electron chi connectivity index (χ1n) is 6.29. The number of amides is 1. The van der Waals surface area contributed by atoms with E-state index in [2.05, 4.69) is 4.72 Å². The van der Waals surface area contributed by atoms with Crippen LogP contribution in [0.5, 0.6) is 0 Å². The molecule has 1 aromatic heterocycles. The van der Waals surface area contributed by atoms with Crippen LogP contribution in [-0.4, -0.2) is 38.4 Å². The van der Waals surface area contributed by atoms with Crippen molar-refractivity contribution in [3.05, 3.63) is 17.0 Å². The first kappa shape index (κ1) is 14.5. The molecule has 1 atom stereocenters. The average Bonchev–Trinajstić information content (AvgIpc) is 2.96. The minimum absolute atomic E-state index is 0.00825. The fourth-order valence-corrected chi connectivity index (χ4v) is 4.69. The van der Waals surface area contributed by atoms with Crippen molar-refractivity contribution in [2.75, 3.05) is 13.1 Å². The Hall–Kier alpha value is -0.920. The first-order chi connectivity index (χ1) is 8.92. The summed E-state index contributed by atoms with van der Waals surface area (Å²) in [6, 6.07) is 3.31.